The van der Waals surface area contributed by atoms with Gasteiger partial charge in [-0.25, -0.2) is 14.4 Å². The second-order valence-electron chi connectivity index (χ2n) is 12.6. The minimum absolute atomic E-state index is 0.0154. The van der Waals surface area contributed by atoms with E-state index >= 15 is 0 Å². The monoisotopic (exact) mass is 628 g/mol. The first-order valence-electron chi connectivity index (χ1n) is 15.0. The second-order valence-corrected chi connectivity index (χ2v) is 12.6. The summed E-state index contributed by atoms with van der Waals surface area (Å²) in [6.07, 6.45) is -1.68. The number of amides is 4. The molecule has 4 N–H and O–H groups in total. The number of ether oxygens (including phenoxy) is 3. The lowest BCUT2D eigenvalue weighted by Crippen LogP contribution is -2.54. The van der Waals surface area contributed by atoms with E-state index in [4.69, 9.17) is 14.2 Å². The minimum Gasteiger partial charge on any atom is -0.465 e. The first-order valence-corrected chi connectivity index (χ1v) is 15.0. The van der Waals surface area contributed by atoms with Crippen molar-refractivity contribution in [1.82, 2.24) is 20.9 Å². The Morgan fingerprint density at radius 1 is 0.800 bits per heavy atom. The van der Waals surface area contributed by atoms with E-state index in [-0.39, 0.29) is 32.8 Å². The van der Waals surface area contributed by atoms with E-state index in [1.54, 1.807) is 65.8 Å². The molecule has 0 bridgehead atoms. The fourth-order valence-corrected chi connectivity index (χ4v) is 4.16. The zero-order valence-electron chi connectivity index (χ0n) is 27.1. The number of hydrogen-bond acceptors (Lipinski definition) is 7. The number of carbonyl (C=O) groups excluding carboxylic acids is 3. The predicted octanol–water partition coefficient (Wildman–Crippen LogP) is 5.07. The van der Waals surface area contributed by atoms with Crippen molar-refractivity contribution in [1.29, 1.82) is 0 Å². The lowest BCUT2D eigenvalue weighted by molar-refractivity contribution is -0.128. The summed E-state index contributed by atoms with van der Waals surface area (Å²) in [5.74, 6) is -0.579. The van der Waals surface area contributed by atoms with Crippen LogP contribution in [0.25, 0.3) is 0 Å². The number of alkyl carbamates (subject to hydrolysis) is 2. The van der Waals surface area contributed by atoms with E-state index < -0.39 is 47.5 Å². The largest absolute Gasteiger partial charge is 0.465 e. The molecular weight excluding hydrogens is 580 g/mol. The topological polar surface area (TPSA) is 156 Å². The van der Waals surface area contributed by atoms with Crippen LogP contribution in [-0.4, -0.2) is 77.2 Å². The van der Waals surface area contributed by atoms with Crippen LogP contribution in [0.2, 0.25) is 0 Å². The molecule has 248 valence electrons. The van der Waals surface area contributed by atoms with Gasteiger partial charge in [0.15, 0.2) is 0 Å². The first-order chi connectivity index (χ1) is 21.1. The molecule has 12 nitrogen and oxygen atoms in total. The average Bonchev–Trinajstić information content (AvgIpc) is 2.94. The molecule has 0 saturated carbocycles. The van der Waals surface area contributed by atoms with Crippen molar-refractivity contribution in [2.24, 2.45) is 0 Å². The summed E-state index contributed by atoms with van der Waals surface area (Å²) >= 11 is 0. The molecule has 0 aliphatic carbocycles. The van der Waals surface area contributed by atoms with E-state index in [1.807, 2.05) is 36.4 Å². The summed E-state index contributed by atoms with van der Waals surface area (Å²) in [5.41, 5.74) is 0.211. The Kier molecular flexibility index (Phi) is 14.6. The molecule has 2 aromatic carbocycles. The van der Waals surface area contributed by atoms with Crippen LogP contribution in [0.4, 0.5) is 14.4 Å². The van der Waals surface area contributed by atoms with Gasteiger partial charge in [0, 0.05) is 25.7 Å². The maximum atomic E-state index is 13.6. The van der Waals surface area contributed by atoms with E-state index in [9.17, 15) is 24.3 Å². The molecule has 0 unspecified atom stereocenters. The summed E-state index contributed by atoms with van der Waals surface area (Å²) in [6, 6.07) is 16.6. The van der Waals surface area contributed by atoms with Gasteiger partial charge in [0.2, 0.25) is 5.91 Å². The number of hydrogen-bond donors (Lipinski definition) is 4. The van der Waals surface area contributed by atoms with Gasteiger partial charge in [0.05, 0.1) is 13.2 Å². The van der Waals surface area contributed by atoms with Gasteiger partial charge in [-0.2, -0.15) is 0 Å². The number of nitrogens with one attached hydrogen (secondary N) is 3. The molecule has 12 heteroatoms. The van der Waals surface area contributed by atoms with Crippen LogP contribution in [-0.2, 0) is 32.2 Å². The van der Waals surface area contributed by atoms with Crippen molar-refractivity contribution in [3.05, 3.63) is 71.8 Å². The molecule has 0 spiro atoms. The van der Waals surface area contributed by atoms with Crippen LogP contribution in [0.3, 0.4) is 0 Å². The molecular formula is C33H48N4O8. The maximum Gasteiger partial charge on any atom is 0.408 e. The molecule has 2 aromatic rings. The summed E-state index contributed by atoms with van der Waals surface area (Å²) in [4.78, 5) is 51.6. The van der Waals surface area contributed by atoms with E-state index in [0.29, 0.717) is 18.4 Å². The fraction of sp³-hybridized carbons (Fsp3) is 0.515. The van der Waals surface area contributed by atoms with Crippen LogP contribution < -0.4 is 16.0 Å². The van der Waals surface area contributed by atoms with Crippen LogP contribution in [0.1, 0.15) is 65.5 Å². The summed E-state index contributed by atoms with van der Waals surface area (Å²) in [7, 11) is 0. The Hall–Kier alpha value is -4.32. The predicted molar refractivity (Wildman–Crippen MR) is 170 cm³/mol. The van der Waals surface area contributed by atoms with Crippen molar-refractivity contribution in [2.75, 3.05) is 19.7 Å². The molecule has 0 fully saturated rings. The Bertz CT molecular complexity index is 1210. The Morgan fingerprint density at radius 2 is 1.36 bits per heavy atom. The fourth-order valence-electron chi connectivity index (χ4n) is 4.16. The number of carboxylic acid groups (broad SMARTS) is 1. The van der Waals surface area contributed by atoms with Gasteiger partial charge < -0.3 is 35.3 Å². The Labute approximate surface area is 265 Å². The van der Waals surface area contributed by atoms with Gasteiger partial charge in [0.25, 0.3) is 0 Å². The van der Waals surface area contributed by atoms with Crippen LogP contribution in [0.15, 0.2) is 60.7 Å². The molecule has 0 aliphatic heterocycles. The van der Waals surface area contributed by atoms with Gasteiger partial charge in [-0.15, -0.1) is 0 Å². The van der Waals surface area contributed by atoms with Crippen LogP contribution in [0.5, 0.6) is 0 Å². The second kappa shape index (κ2) is 17.8. The van der Waals surface area contributed by atoms with Gasteiger partial charge in [-0.3, -0.25) is 9.69 Å². The highest BCUT2D eigenvalue weighted by molar-refractivity contribution is 5.85. The SMILES string of the molecule is CC(C)(C)OC(=O)NCCC[C@H](CNC(=O)[C@H](COCc1ccccc1)N(Cc1ccccc1)C(=O)O)NC(=O)OC(C)(C)C. The van der Waals surface area contributed by atoms with E-state index in [0.717, 1.165) is 10.5 Å². The summed E-state index contributed by atoms with van der Waals surface area (Å²) in [6.45, 7) is 10.7. The highest BCUT2D eigenvalue weighted by Gasteiger charge is 2.31. The normalized spacial score (nSPS) is 12.8. The van der Waals surface area contributed by atoms with Crippen molar-refractivity contribution in [3.8, 4) is 0 Å². The third-order valence-electron chi connectivity index (χ3n) is 6.15. The summed E-state index contributed by atoms with van der Waals surface area (Å²) in [5, 5.41) is 18.3. The highest BCUT2D eigenvalue weighted by atomic mass is 16.6. The Balaban J connectivity index is 2.13. The zero-order valence-corrected chi connectivity index (χ0v) is 27.1. The van der Waals surface area contributed by atoms with Gasteiger partial charge in [0.1, 0.15) is 17.2 Å². The van der Waals surface area contributed by atoms with Gasteiger partial charge >= 0.3 is 18.3 Å². The number of carbonyl (C=O) groups is 4. The number of nitrogens with zero attached hydrogens (tertiary/aromatic N) is 1. The van der Waals surface area contributed by atoms with Crippen molar-refractivity contribution >= 4 is 24.2 Å². The van der Waals surface area contributed by atoms with Crippen molar-refractivity contribution in [2.45, 2.75) is 90.8 Å². The van der Waals surface area contributed by atoms with Crippen molar-refractivity contribution < 1.29 is 38.5 Å². The van der Waals surface area contributed by atoms with Gasteiger partial charge in [-0.05, 0) is 65.5 Å². The molecule has 2 rings (SSSR count). The lowest BCUT2D eigenvalue weighted by atomic mass is 10.1. The van der Waals surface area contributed by atoms with Crippen LogP contribution >= 0.6 is 0 Å². The third kappa shape index (κ3) is 15.8. The van der Waals surface area contributed by atoms with Gasteiger partial charge in [-0.1, -0.05) is 60.7 Å². The molecule has 4 amide bonds. The highest BCUT2D eigenvalue weighted by Crippen LogP contribution is 2.13. The lowest BCUT2D eigenvalue weighted by Gasteiger charge is -2.29. The molecule has 0 aromatic heterocycles. The molecule has 0 heterocycles. The van der Waals surface area contributed by atoms with E-state index in [2.05, 4.69) is 16.0 Å². The standard InChI is InChI=1S/C33H48N4O8/c1-32(2,3)44-29(39)34-19-13-18-26(36-30(40)45-33(4,5)6)20-35-28(38)27(23-43-22-25-16-11-8-12-17-25)37(31(41)42)21-24-14-9-7-10-15-24/h7-12,14-17,26-27H,13,18-23H2,1-6H3,(H,34,39)(H,35,38)(H,36,40)(H,41,42)/t26-,27+/m1/s1. The minimum atomic E-state index is -1.28. The third-order valence-corrected chi connectivity index (χ3v) is 6.15. The maximum absolute atomic E-state index is 13.6. The smallest absolute Gasteiger partial charge is 0.408 e. The number of benzene rings is 2. The molecule has 0 radical (unpaired) electrons. The molecule has 45 heavy (non-hydrogen) atoms. The molecule has 0 aliphatic rings. The quantitative estimate of drug-likeness (QED) is 0.199. The number of rotatable bonds is 15. The first kappa shape index (κ1) is 36.9. The van der Waals surface area contributed by atoms with E-state index in [1.165, 1.54) is 0 Å². The summed E-state index contributed by atoms with van der Waals surface area (Å²) < 4.78 is 16.5. The van der Waals surface area contributed by atoms with Crippen LogP contribution in [0, 0.1) is 0 Å². The van der Waals surface area contributed by atoms with Crippen molar-refractivity contribution in [3.63, 3.8) is 0 Å². The average molecular weight is 629 g/mol. The molecule has 0 saturated heterocycles. The zero-order chi connectivity index (χ0) is 33.5. The molecule has 2 atom stereocenters. The Morgan fingerprint density at radius 3 is 1.91 bits per heavy atom.